The molecule has 0 radical (unpaired) electrons. The minimum atomic E-state index is -0.122. The van der Waals surface area contributed by atoms with Gasteiger partial charge in [-0.2, -0.15) is 6.07 Å². The van der Waals surface area contributed by atoms with Crippen LogP contribution in [0.2, 0.25) is 6.55 Å². The average molecular weight is 618 g/mol. The van der Waals surface area contributed by atoms with Gasteiger partial charge in [0.1, 0.15) is 0 Å². The molecule has 0 spiro atoms. The third-order valence-corrected chi connectivity index (χ3v) is 10.7. The first-order valence-electron chi connectivity index (χ1n) is 14.2. The molecule has 0 bridgehead atoms. The predicted octanol–water partition coefficient (Wildman–Crippen LogP) is 10.2. The van der Waals surface area contributed by atoms with Crippen molar-refractivity contribution in [2.75, 3.05) is 0 Å². The van der Waals surface area contributed by atoms with Gasteiger partial charge in [0, 0.05) is 0 Å². The second kappa shape index (κ2) is 12.5. The Morgan fingerprint density at radius 3 is 1.52 bits per heavy atom. The van der Waals surface area contributed by atoms with Crippen molar-refractivity contribution in [3.05, 3.63) is 126 Å². The molecule has 0 atom stereocenters. The first-order valence-corrected chi connectivity index (χ1v) is 19.9. The van der Waals surface area contributed by atoms with Crippen LogP contribution in [0.4, 0.5) is 0 Å². The van der Waals surface area contributed by atoms with Crippen molar-refractivity contribution < 1.29 is 23.3 Å². The monoisotopic (exact) mass is 616 g/mol. The summed E-state index contributed by atoms with van der Waals surface area (Å²) in [5, 5.41) is 9.73. The van der Waals surface area contributed by atoms with Crippen molar-refractivity contribution in [1.29, 1.82) is 0 Å². The fraction of sp³-hybridized carbons (Fsp3) is 0.263. The molecule has 0 aliphatic heterocycles. The van der Waals surface area contributed by atoms with E-state index in [9.17, 15) is 0 Å². The van der Waals surface area contributed by atoms with Gasteiger partial charge in [-0.05, 0) is 10.8 Å². The molecule has 0 heterocycles. The number of rotatable bonds is 1. The van der Waals surface area contributed by atoms with Gasteiger partial charge in [0.25, 0.3) is 0 Å². The summed E-state index contributed by atoms with van der Waals surface area (Å²) in [6, 6.07) is 39.8. The minimum Gasteiger partial charge on any atom is -0.165 e. The molecule has 6 rings (SSSR count). The number of benzene rings is 4. The molecule has 40 heavy (non-hydrogen) atoms. The van der Waals surface area contributed by atoms with Gasteiger partial charge in [-0.1, -0.05) is 89.9 Å². The van der Waals surface area contributed by atoms with Gasteiger partial charge in [0.15, 0.2) is 0 Å². The van der Waals surface area contributed by atoms with Gasteiger partial charge in [0.2, 0.25) is 0 Å². The van der Waals surface area contributed by atoms with Crippen LogP contribution in [-0.4, -0.2) is 5.43 Å². The fourth-order valence-electron chi connectivity index (χ4n) is 4.95. The summed E-state index contributed by atoms with van der Waals surface area (Å²) in [7, 11) is 0. The van der Waals surface area contributed by atoms with E-state index in [1.807, 2.05) is 0 Å². The standard InChI is InChI=1S/C21H25.C10H9.C7H8Si.Zr/c1-20(2,3)16-7-9-18-14(12-16)11-15-13-17(21(4,5)6)8-10-19(15)18;1-8-6-9-4-2-3-5-10(9)7-8;1-8-7-5-3-2-4-6-7;/h7-13H,1-6H3;2-7H,1H3;2-6H,1H3;/q2*-1;;+2. The Kier molecular flexibility index (Phi) is 9.54. The van der Waals surface area contributed by atoms with E-state index in [0.717, 1.165) is 0 Å². The van der Waals surface area contributed by atoms with Crippen LogP contribution in [0, 0.1) is 6.92 Å². The zero-order valence-corrected chi connectivity index (χ0v) is 28.9. The van der Waals surface area contributed by atoms with E-state index in [2.05, 4.69) is 164 Å². The van der Waals surface area contributed by atoms with Gasteiger partial charge in [-0.3, -0.25) is 0 Å². The molecular formula is C38H42SiZr. The molecule has 0 aliphatic carbocycles. The summed E-state index contributed by atoms with van der Waals surface area (Å²) < 4.78 is 0. The van der Waals surface area contributed by atoms with Crippen LogP contribution in [0.15, 0.2) is 109 Å². The van der Waals surface area contributed by atoms with E-state index in [4.69, 9.17) is 0 Å². The maximum Gasteiger partial charge on any atom is -0.0579 e. The van der Waals surface area contributed by atoms with Crippen molar-refractivity contribution in [3.8, 4) is 0 Å². The predicted molar refractivity (Wildman–Crippen MR) is 176 cm³/mol. The Bertz CT molecular complexity index is 1630. The molecule has 0 saturated heterocycles. The van der Waals surface area contributed by atoms with E-state index in [1.54, 1.807) is 28.5 Å². The largest absolute Gasteiger partial charge is 0.165 e. The topological polar surface area (TPSA) is 0 Å². The summed E-state index contributed by atoms with van der Waals surface area (Å²) in [6.45, 7) is 18.1. The molecule has 202 valence electrons. The Morgan fingerprint density at radius 2 is 1.07 bits per heavy atom. The van der Waals surface area contributed by atoms with Crippen molar-refractivity contribution in [3.63, 3.8) is 0 Å². The number of hydrogen-bond acceptors (Lipinski definition) is 0. The van der Waals surface area contributed by atoms with Crippen LogP contribution >= 0.6 is 0 Å². The maximum atomic E-state index is 2.35. The van der Waals surface area contributed by atoms with Gasteiger partial charge < -0.3 is 0 Å². The van der Waals surface area contributed by atoms with Gasteiger partial charge in [-0.25, -0.2) is 0 Å². The second-order valence-corrected chi connectivity index (χ2v) is 20.3. The Hall–Kier alpha value is -2.54. The first kappa shape index (κ1) is 30.4. The molecule has 0 amide bonds. The fourth-order valence-corrected chi connectivity index (χ4v) is 6.87. The third-order valence-electron chi connectivity index (χ3n) is 7.41. The van der Waals surface area contributed by atoms with Gasteiger partial charge in [0.05, 0.1) is 0 Å². The molecule has 0 fully saturated rings. The summed E-state index contributed by atoms with van der Waals surface area (Å²) in [4.78, 5) is 0. The zero-order valence-electron chi connectivity index (χ0n) is 25.4. The zero-order chi connectivity index (χ0) is 29.1. The first-order chi connectivity index (χ1) is 18.8. The number of hydrogen-bond donors (Lipinski definition) is 0. The van der Waals surface area contributed by atoms with Crippen LogP contribution in [-0.2, 0) is 34.2 Å². The van der Waals surface area contributed by atoms with Gasteiger partial charge in [-0.15, -0.1) is 80.3 Å². The molecule has 0 saturated carbocycles. The molecule has 6 aromatic carbocycles. The van der Waals surface area contributed by atoms with Crippen molar-refractivity contribution in [2.45, 2.75) is 65.8 Å². The summed E-state index contributed by atoms with van der Waals surface area (Å²) in [5.41, 5.74) is 4.44. The third kappa shape index (κ3) is 7.59. The Balaban J connectivity index is 0.000000161. The second-order valence-electron chi connectivity index (χ2n) is 12.9. The average Bonchev–Trinajstić information content (AvgIpc) is 3.47. The SMILES string of the molecule is CC(C)(C)c1ccc2c(c1)[cH-]c1cc(C(C)(C)C)ccc12.C[Si](=[Zr+2])c1ccccc1.Cc1cc2ccccc2[cH-]1. The van der Waals surface area contributed by atoms with Crippen LogP contribution in [0.1, 0.15) is 58.2 Å². The quantitative estimate of drug-likeness (QED) is 0.127. The van der Waals surface area contributed by atoms with Crippen molar-refractivity contribution in [2.24, 2.45) is 0 Å². The molecule has 0 N–H and O–H groups in total. The summed E-state index contributed by atoms with van der Waals surface area (Å²) >= 11 is 1.69. The molecule has 0 aromatic heterocycles. The van der Waals surface area contributed by atoms with Crippen molar-refractivity contribution >= 4 is 42.9 Å². The molecule has 2 heteroatoms. The van der Waals surface area contributed by atoms with E-state index in [-0.39, 0.29) is 16.3 Å². The van der Waals surface area contributed by atoms with Crippen LogP contribution < -0.4 is 5.19 Å². The van der Waals surface area contributed by atoms with E-state index >= 15 is 0 Å². The molecule has 0 unspecified atom stereocenters. The van der Waals surface area contributed by atoms with E-state index in [0.29, 0.717) is 0 Å². The van der Waals surface area contributed by atoms with Crippen LogP contribution in [0.5, 0.6) is 0 Å². The van der Waals surface area contributed by atoms with Gasteiger partial charge >= 0.3 is 70.8 Å². The molecule has 6 aromatic rings. The Morgan fingerprint density at radius 1 is 0.575 bits per heavy atom. The normalized spacial score (nSPS) is 11.7. The summed E-state index contributed by atoms with van der Waals surface area (Å²) in [6.07, 6.45) is 0. The molecule has 0 nitrogen and oxygen atoms in total. The maximum absolute atomic E-state index is 2.35. The van der Waals surface area contributed by atoms with Crippen molar-refractivity contribution in [1.82, 2.24) is 0 Å². The summed E-state index contributed by atoms with van der Waals surface area (Å²) in [5.74, 6) is 0. The number of fused-ring (bicyclic) bond motifs is 4. The smallest absolute Gasteiger partial charge is 0.0579 e. The molecular weight excluding hydrogens is 576 g/mol. The van der Waals surface area contributed by atoms with Crippen LogP contribution in [0.3, 0.4) is 0 Å². The van der Waals surface area contributed by atoms with E-state index in [1.165, 1.54) is 49.0 Å². The number of aryl methyl sites for hydroxylation is 1. The van der Waals surface area contributed by atoms with Crippen LogP contribution in [0.25, 0.3) is 32.3 Å². The Labute approximate surface area is 256 Å². The van der Waals surface area contributed by atoms with E-state index < -0.39 is 0 Å². The minimum absolute atomic E-state index is 0.122. The molecule has 0 aliphatic rings.